The summed E-state index contributed by atoms with van der Waals surface area (Å²) in [5.41, 5.74) is 0.750. The smallest absolute Gasteiger partial charge is 0.336 e. The van der Waals surface area contributed by atoms with Crippen molar-refractivity contribution in [3.8, 4) is 0 Å². The van der Waals surface area contributed by atoms with Crippen LogP contribution in [0.1, 0.15) is 5.56 Å². The maximum absolute atomic E-state index is 12.5. The molecule has 0 radical (unpaired) electrons. The Morgan fingerprint density at radius 3 is 2.73 bits per heavy atom. The van der Waals surface area contributed by atoms with Crippen LogP contribution in [0, 0.1) is 0 Å². The fourth-order valence-electron chi connectivity index (χ4n) is 1.06. The molecule has 0 saturated heterocycles. The largest absolute Gasteiger partial charge is 0.466 e. The zero-order valence-electron chi connectivity index (χ0n) is 8.17. The average molecular weight is 273 g/mol. The van der Waals surface area contributed by atoms with Crippen LogP contribution in [0.3, 0.4) is 0 Å². The molecule has 0 saturated carbocycles. The summed E-state index contributed by atoms with van der Waals surface area (Å²) in [5.74, 6) is -0.645. The third kappa shape index (κ3) is 3.16. The Morgan fingerprint density at radius 2 is 2.20 bits per heavy atom. The van der Waals surface area contributed by atoms with Crippen molar-refractivity contribution in [2.24, 2.45) is 0 Å². The van der Waals surface area contributed by atoms with Gasteiger partial charge in [0.05, 0.1) is 12.7 Å². The van der Waals surface area contributed by atoms with E-state index in [0.29, 0.717) is 0 Å². The molecule has 1 rings (SSSR count). The summed E-state index contributed by atoms with van der Waals surface area (Å²) in [6.07, 6.45) is 1.47. The van der Waals surface area contributed by atoms with Crippen molar-refractivity contribution in [1.82, 2.24) is 0 Å². The third-order valence-corrected chi connectivity index (χ3v) is 2.55. The molecule has 0 aliphatic rings. The van der Waals surface area contributed by atoms with Gasteiger partial charge in [-0.05, 0) is 17.7 Å². The van der Waals surface area contributed by atoms with Gasteiger partial charge in [-0.25, -0.2) is 9.18 Å². The summed E-state index contributed by atoms with van der Waals surface area (Å²) in [5, 5.41) is 0. The molecule has 0 spiro atoms. The van der Waals surface area contributed by atoms with Crippen LogP contribution in [0.2, 0.25) is 0 Å². The van der Waals surface area contributed by atoms with Crippen LogP contribution in [-0.2, 0) is 9.53 Å². The van der Waals surface area contributed by atoms with Crippen molar-refractivity contribution in [3.63, 3.8) is 0 Å². The molecule has 0 N–H and O–H groups in total. The van der Waals surface area contributed by atoms with Crippen molar-refractivity contribution in [3.05, 3.63) is 39.9 Å². The van der Waals surface area contributed by atoms with E-state index in [1.54, 1.807) is 6.07 Å². The fraction of sp³-hybridized carbons (Fsp3) is 0.182. The number of carbonyl (C=O) groups excluding carboxylic acids is 1. The Morgan fingerprint density at radius 1 is 1.53 bits per heavy atom. The maximum Gasteiger partial charge on any atom is 0.336 e. The lowest BCUT2D eigenvalue weighted by molar-refractivity contribution is -0.136. The molecule has 1 aromatic carbocycles. The molecule has 0 heterocycles. The number of ether oxygens (including phenoxy) is 1. The van der Waals surface area contributed by atoms with Crippen molar-refractivity contribution in [2.45, 2.75) is 0 Å². The van der Waals surface area contributed by atoms with Crippen LogP contribution in [-0.4, -0.2) is 19.8 Å². The van der Waals surface area contributed by atoms with Crippen LogP contribution < -0.4 is 0 Å². The Kier molecular flexibility index (Phi) is 4.49. The van der Waals surface area contributed by atoms with Gasteiger partial charge in [-0.2, -0.15) is 0 Å². The predicted molar refractivity (Wildman–Crippen MR) is 60.1 cm³/mol. The molecular formula is C11H10BrFO2. The number of rotatable bonds is 3. The first-order valence-electron chi connectivity index (χ1n) is 4.28. The third-order valence-electron chi connectivity index (χ3n) is 1.83. The first-order chi connectivity index (χ1) is 7.19. The second-order valence-corrected chi connectivity index (χ2v) is 3.67. The number of carbonyl (C=O) groups is 1. The summed E-state index contributed by atoms with van der Waals surface area (Å²) < 4.78 is 17.8. The molecule has 4 heteroatoms. The fourth-order valence-corrected chi connectivity index (χ4v) is 1.46. The minimum atomic E-state index is -0.839. The number of hydrogen-bond donors (Lipinski definition) is 0. The first-order valence-corrected chi connectivity index (χ1v) is 5.07. The van der Waals surface area contributed by atoms with Crippen LogP contribution in [0.4, 0.5) is 4.39 Å². The highest BCUT2D eigenvalue weighted by atomic mass is 79.9. The summed E-state index contributed by atoms with van der Waals surface area (Å²) >= 11 is 3.31. The normalized spacial score (nSPS) is 11.3. The molecule has 0 aromatic heterocycles. The van der Waals surface area contributed by atoms with E-state index < -0.39 is 12.6 Å². The lowest BCUT2D eigenvalue weighted by Crippen LogP contribution is -2.06. The molecule has 0 fully saturated rings. The number of hydrogen-bond acceptors (Lipinski definition) is 2. The number of alkyl halides is 1. The van der Waals surface area contributed by atoms with E-state index in [2.05, 4.69) is 20.7 Å². The van der Waals surface area contributed by atoms with E-state index in [1.165, 1.54) is 13.2 Å². The average Bonchev–Trinajstić information content (AvgIpc) is 2.27. The molecule has 0 amide bonds. The monoisotopic (exact) mass is 272 g/mol. The lowest BCUT2D eigenvalue weighted by Gasteiger charge is -2.02. The zero-order chi connectivity index (χ0) is 11.3. The summed E-state index contributed by atoms with van der Waals surface area (Å²) in [7, 11) is 1.23. The SMILES string of the molecule is COC(=O)/C(=C/c1ccccc1Br)CF. The Hall–Kier alpha value is -1.16. The number of benzene rings is 1. The van der Waals surface area contributed by atoms with Crippen molar-refractivity contribution in [1.29, 1.82) is 0 Å². The van der Waals surface area contributed by atoms with Gasteiger partial charge in [0.15, 0.2) is 0 Å². The number of esters is 1. The second-order valence-electron chi connectivity index (χ2n) is 2.82. The minimum absolute atomic E-state index is 0.00407. The van der Waals surface area contributed by atoms with E-state index >= 15 is 0 Å². The van der Waals surface area contributed by atoms with Gasteiger partial charge in [-0.1, -0.05) is 34.1 Å². The molecule has 1 aromatic rings. The highest BCUT2D eigenvalue weighted by Gasteiger charge is 2.09. The first kappa shape index (κ1) is 11.9. The highest BCUT2D eigenvalue weighted by molar-refractivity contribution is 9.10. The van der Waals surface area contributed by atoms with Crippen molar-refractivity contribution >= 4 is 28.0 Å². The van der Waals surface area contributed by atoms with Crippen LogP contribution in [0.15, 0.2) is 34.3 Å². The van der Waals surface area contributed by atoms with Crippen LogP contribution in [0.25, 0.3) is 6.08 Å². The van der Waals surface area contributed by atoms with Crippen LogP contribution in [0.5, 0.6) is 0 Å². The summed E-state index contributed by atoms with van der Waals surface area (Å²) in [4.78, 5) is 11.1. The zero-order valence-corrected chi connectivity index (χ0v) is 9.75. The van der Waals surface area contributed by atoms with Crippen molar-refractivity contribution < 1.29 is 13.9 Å². The molecule has 0 unspecified atom stereocenters. The van der Waals surface area contributed by atoms with Crippen LogP contribution >= 0.6 is 15.9 Å². The van der Waals surface area contributed by atoms with Gasteiger partial charge in [-0.3, -0.25) is 0 Å². The molecular weight excluding hydrogens is 263 g/mol. The van der Waals surface area contributed by atoms with Gasteiger partial charge in [0.25, 0.3) is 0 Å². The predicted octanol–water partition coefficient (Wildman–Crippen LogP) is 2.98. The molecule has 0 atom stereocenters. The Balaban J connectivity index is 3.03. The molecule has 0 aliphatic heterocycles. The number of methoxy groups -OCH3 is 1. The second kappa shape index (κ2) is 5.66. The Bertz CT molecular complexity index is 388. The van der Waals surface area contributed by atoms with E-state index in [4.69, 9.17) is 0 Å². The summed E-state index contributed by atoms with van der Waals surface area (Å²) in [6.45, 7) is -0.839. The van der Waals surface area contributed by atoms with E-state index in [9.17, 15) is 9.18 Å². The van der Waals surface area contributed by atoms with Gasteiger partial charge < -0.3 is 4.74 Å². The molecule has 0 bridgehead atoms. The molecule has 2 nitrogen and oxygen atoms in total. The van der Waals surface area contributed by atoms with Gasteiger partial charge in [-0.15, -0.1) is 0 Å². The van der Waals surface area contributed by atoms with E-state index in [-0.39, 0.29) is 5.57 Å². The quantitative estimate of drug-likeness (QED) is 0.625. The van der Waals surface area contributed by atoms with E-state index in [1.807, 2.05) is 18.2 Å². The topological polar surface area (TPSA) is 26.3 Å². The van der Waals surface area contributed by atoms with Gasteiger partial charge >= 0.3 is 5.97 Å². The van der Waals surface area contributed by atoms with Gasteiger partial charge in [0.2, 0.25) is 0 Å². The summed E-state index contributed by atoms with van der Waals surface area (Å²) in [6, 6.07) is 7.25. The number of halogens is 2. The molecule has 80 valence electrons. The molecule has 15 heavy (non-hydrogen) atoms. The highest BCUT2D eigenvalue weighted by Crippen LogP contribution is 2.19. The standard InChI is InChI=1S/C11H10BrFO2/c1-15-11(14)9(7-13)6-8-4-2-3-5-10(8)12/h2-6H,7H2,1H3/b9-6+. The van der Waals surface area contributed by atoms with Gasteiger partial charge in [0, 0.05) is 4.47 Å². The van der Waals surface area contributed by atoms with E-state index in [0.717, 1.165) is 10.0 Å². The lowest BCUT2D eigenvalue weighted by atomic mass is 10.1. The molecule has 0 aliphatic carbocycles. The minimum Gasteiger partial charge on any atom is -0.466 e. The van der Waals surface area contributed by atoms with Gasteiger partial charge in [0.1, 0.15) is 6.67 Å². The maximum atomic E-state index is 12.5. The Labute approximate surface area is 95.9 Å². The van der Waals surface area contributed by atoms with Crippen molar-refractivity contribution in [2.75, 3.05) is 13.8 Å².